The highest BCUT2D eigenvalue weighted by Crippen LogP contribution is 2.45. The highest BCUT2D eigenvalue weighted by atomic mass is 16.7. The normalized spacial score (nSPS) is 32.2. The number of fused-ring (bicyclic) bond motifs is 1. The lowest BCUT2D eigenvalue weighted by molar-refractivity contribution is -0.300. The van der Waals surface area contributed by atoms with E-state index in [1.54, 1.807) is 13.0 Å². The van der Waals surface area contributed by atoms with Crippen molar-refractivity contribution >= 4 is 22.8 Å². The predicted molar refractivity (Wildman–Crippen MR) is 141 cm³/mol. The Morgan fingerprint density at radius 3 is 2.50 bits per heavy atom. The van der Waals surface area contributed by atoms with Crippen molar-refractivity contribution in [2.24, 2.45) is 11.7 Å². The highest BCUT2D eigenvalue weighted by molar-refractivity contribution is 6.08. The van der Waals surface area contributed by atoms with Gasteiger partial charge in [0.05, 0.1) is 24.7 Å². The van der Waals surface area contributed by atoms with Crippen LogP contribution in [0.25, 0.3) is 10.8 Å². The minimum Gasteiger partial charge on any atom is -0.506 e. The molecule has 1 heterocycles. The summed E-state index contributed by atoms with van der Waals surface area (Å²) in [5.41, 5.74) is 4.92. The number of nitrogens with two attached hydrogens (primary N) is 1. The number of aldehydes is 1. The molecule has 1 aliphatic heterocycles. The van der Waals surface area contributed by atoms with Crippen molar-refractivity contribution in [3.05, 3.63) is 41.0 Å². The van der Waals surface area contributed by atoms with E-state index in [1.165, 1.54) is 32.3 Å². The SMILES string of the molecule is COc1cc(O[C@H]2O[C@H]([C@]3(O)C=C[C@H](N)[C@H](CC=O)C3)[C@@H](O)[C@H](O)[C@H]2O)c2c(O)c(C(C)=O)c(C)cc2c1CO. The van der Waals surface area contributed by atoms with Gasteiger partial charge in [-0.25, -0.2) is 0 Å². The van der Waals surface area contributed by atoms with Gasteiger partial charge in [0.1, 0.15) is 53.6 Å². The van der Waals surface area contributed by atoms with Gasteiger partial charge in [0.2, 0.25) is 6.29 Å². The maximum absolute atomic E-state index is 12.3. The van der Waals surface area contributed by atoms with Crippen LogP contribution >= 0.6 is 0 Å². The zero-order valence-corrected chi connectivity index (χ0v) is 22.4. The Labute approximate surface area is 230 Å². The molecule has 1 aliphatic carbocycles. The number of aliphatic hydroxyl groups is 5. The molecule has 0 bridgehead atoms. The molecule has 0 amide bonds. The summed E-state index contributed by atoms with van der Waals surface area (Å²) in [4.78, 5) is 23.5. The Bertz CT molecular complexity index is 1330. The van der Waals surface area contributed by atoms with Gasteiger partial charge in [-0.05, 0) is 43.2 Å². The fraction of sp³-hybridized carbons (Fsp3) is 0.500. The molecule has 1 saturated heterocycles. The molecule has 2 aromatic carbocycles. The summed E-state index contributed by atoms with van der Waals surface area (Å²) in [6, 6.07) is 2.38. The van der Waals surface area contributed by atoms with Gasteiger partial charge in [-0.2, -0.15) is 0 Å². The van der Waals surface area contributed by atoms with E-state index in [9.17, 15) is 40.2 Å². The molecule has 2 aliphatic rings. The molecule has 0 aromatic heterocycles. The number of methoxy groups -OCH3 is 1. The summed E-state index contributed by atoms with van der Waals surface area (Å²) in [6.07, 6.45) is -5.13. The van der Waals surface area contributed by atoms with E-state index in [0.717, 1.165) is 0 Å². The zero-order chi connectivity index (χ0) is 29.5. The Morgan fingerprint density at radius 2 is 1.90 bits per heavy atom. The molecule has 218 valence electrons. The van der Waals surface area contributed by atoms with E-state index in [-0.39, 0.29) is 35.3 Å². The Balaban J connectivity index is 1.80. The second kappa shape index (κ2) is 11.4. The Hall–Kier alpha value is -3.10. The van der Waals surface area contributed by atoms with Crippen molar-refractivity contribution in [3.63, 3.8) is 0 Å². The van der Waals surface area contributed by atoms with Crippen LogP contribution < -0.4 is 15.2 Å². The first-order chi connectivity index (χ1) is 18.9. The maximum atomic E-state index is 12.3. The van der Waals surface area contributed by atoms with Gasteiger partial charge in [-0.3, -0.25) is 4.79 Å². The predicted octanol–water partition coefficient (Wildman–Crippen LogP) is -0.0328. The standard InChI is InChI=1S/C28H35NO11/c1-12-8-15-16(11-31)18(38-3)9-19(21(15)22(33)20(12)13(2)32)39-27-25(36)23(34)24(35)26(40-27)28(37)6-4-17(29)14(10-28)5-7-30/h4,6-9,14,17,23-27,31,33-37H,5,10-11,29H2,1-3H3/t14-,17+,23+,24+,25-,26+,27+,28+/m1/s1. The van der Waals surface area contributed by atoms with Crippen molar-refractivity contribution in [3.8, 4) is 17.2 Å². The number of benzene rings is 2. The summed E-state index contributed by atoms with van der Waals surface area (Å²) in [5.74, 6) is -1.29. The number of rotatable bonds is 8. The lowest BCUT2D eigenvalue weighted by Crippen LogP contribution is -2.66. The Morgan fingerprint density at radius 1 is 1.20 bits per heavy atom. The Kier molecular flexibility index (Phi) is 8.52. The molecular formula is C28H35NO11. The van der Waals surface area contributed by atoms with Crippen LogP contribution in [-0.4, -0.2) is 92.2 Å². The van der Waals surface area contributed by atoms with E-state index in [1.807, 2.05) is 0 Å². The van der Waals surface area contributed by atoms with Gasteiger partial charge in [-0.1, -0.05) is 12.2 Å². The molecule has 0 radical (unpaired) electrons. The molecule has 12 heteroatoms. The molecule has 4 rings (SSSR count). The second-order valence-electron chi connectivity index (χ2n) is 10.4. The van der Waals surface area contributed by atoms with Crippen LogP contribution in [0.3, 0.4) is 0 Å². The number of carbonyl (C=O) groups excluding carboxylic acids is 2. The number of aryl methyl sites for hydroxylation is 1. The molecule has 0 spiro atoms. The van der Waals surface area contributed by atoms with Crippen molar-refractivity contribution in [2.45, 2.75) is 75.6 Å². The average Bonchev–Trinajstić information content (AvgIpc) is 2.90. The molecule has 0 saturated carbocycles. The summed E-state index contributed by atoms with van der Waals surface area (Å²) >= 11 is 0. The molecular weight excluding hydrogens is 526 g/mol. The van der Waals surface area contributed by atoms with Gasteiger partial charge >= 0.3 is 0 Å². The fourth-order valence-corrected chi connectivity index (χ4v) is 5.70. The van der Waals surface area contributed by atoms with Crippen LogP contribution in [-0.2, 0) is 16.1 Å². The number of carbonyl (C=O) groups is 2. The van der Waals surface area contributed by atoms with E-state index in [4.69, 9.17) is 19.9 Å². The van der Waals surface area contributed by atoms with Crippen molar-refractivity contribution in [2.75, 3.05) is 7.11 Å². The first kappa shape index (κ1) is 29.9. The van der Waals surface area contributed by atoms with E-state index < -0.39 is 66.4 Å². The quantitative estimate of drug-likeness (QED) is 0.129. The van der Waals surface area contributed by atoms with Gasteiger partial charge < -0.3 is 55.4 Å². The van der Waals surface area contributed by atoms with Crippen LogP contribution in [0, 0.1) is 12.8 Å². The van der Waals surface area contributed by atoms with Gasteiger partial charge in [-0.15, -0.1) is 0 Å². The molecule has 40 heavy (non-hydrogen) atoms. The number of aliphatic hydroxyl groups excluding tert-OH is 4. The topological polar surface area (TPSA) is 209 Å². The number of hydrogen-bond acceptors (Lipinski definition) is 12. The first-order valence-corrected chi connectivity index (χ1v) is 12.8. The molecule has 8 N–H and O–H groups in total. The smallest absolute Gasteiger partial charge is 0.229 e. The number of Topliss-reactive ketones (excluding diaryl/α,β-unsaturated/α-hetero) is 1. The van der Waals surface area contributed by atoms with Crippen LogP contribution in [0.15, 0.2) is 24.3 Å². The molecule has 8 atom stereocenters. The van der Waals surface area contributed by atoms with E-state index >= 15 is 0 Å². The van der Waals surface area contributed by atoms with Crippen molar-refractivity contribution in [1.82, 2.24) is 0 Å². The third-order valence-corrected chi connectivity index (χ3v) is 7.80. The number of phenolic OH excluding ortho intramolecular Hbond substituents is 1. The van der Waals surface area contributed by atoms with Gasteiger partial charge in [0, 0.05) is 24.1 Å². The zero-order valence-electron chi connectivity index (χ0n) is 22.4. The van der Waals surface area contributed by atoms with Crippen LogP contribution in [0.2, 0.25) is 0 Å². The lowest BCUT2D eigenvalue weighted by Gasteiger charge is -2.48. The van der Waals surface area contributed by atoms with Crippen molar-refractivity contribution in [1.29, 1.82) is 0 Å². The number of aromatic hydroxyl groups is 1. The minimum absolute atomic E-state index is 0.0157. The lowest BCUT2D eigenvalue weighted by atomic mass is 9.73. The largest absolute Gasteiger partial charge is 0.506 e. The average molecular weight is 562 g/mol. The molecule has 1 fully saturated rings. The van der Waals surface area contributed by atoms with E-state index in [0.29, 0.717) is 22.8 Å². The van der Waals surface area contributed by atoms with Crippen LogP contribution in [0.5, 0.6) is 17.2 Å². The summed E-state index contributed by atoms with van der Waals surface area (Å²) in [7, 11) is 1.36. The number of hydrogen-bond donors (Lipinski definition) is 7. The van der Waals surface area contributed by atoms with E-state index in [2.05, 4.69) is 0 Å². The second-order valence-corrected chi connectivity index (χ2v) is 10.4. The third kappa shape index (κ3) is 5.07. The summed E-state index contributed by atoms with van der Waals surface area (Å²) in [6.45, 7) is 2.43. The fourth-order valence-electron chi connectivity index (χ4n) is 5.70. The molecule has 12 nitrogen and oxygen atoms in total. The monoisotopic (exact) mass is 561 g/mol. The van der Waals surface area contributed by atoms with Gasteiger partial charge in [0.15, 0.2) is 5.78 Å². The van der Waals surface area contributed by atoms with Crippen LogP contribution in [0.4, 0.5) is 0 Å². The van der Waals surface area contributed by atoms with Crippen molar-refractivity contribution < 1.29 is 54.4 Å². The highest BCUT2D eigenvalue weighted by Gasteiger charge is 2.54. The first-order valence-electron chi connectivity index (χ1n) is 12.8. The third-order valence-electron chi connectivity index (χ3n) is 7.80. The summed E-state index contributed by atoms with van der Waals surface area (Å²) in [5, 5.41) is 65.2. The number of phenols is 1. The molecule has 2 aromatic rings. The number of ketones is 1. The number of ether oxygens (including phenoxy) is 3. The summed E-state index contributed by atoms with van der Waals surface area (Å²) < 4.78 is 17.2. The van der Waals surface area contributed by atoms with Gasteiger partial charge in [0.25, 0.3) is 0 Å². The maximum Gasteiger partial charge on any atom is 0.229 e. The minimum atomic E-state index is -1.88. The van der Waals surface area contributed by atoms with Crippen LogP contribution in [0.1, 0.15) is 41.3 Å². The molecule has 0 unspecified atom stereocenters.